The number of halogens is 5. The van der Waals surface area contributed by atoms with Crippen LogP contribution in [0.5, 0.6) is 11.5 Å². The number of benzene rings is 1. The predicted octanol–water partition coefficient (Wildman–Crippen LogP) is 4.46. The van der Waals surface area contributed by atoms with E-state index >= 15 is 0 Å². The Morgan fingerprint density at radius 1 is 1.14 bits per heavy atom. The fourth-order valence-corrected chi connectivity index (χ4v) is 1.92. The van der Waals surface area contributed by atoms with Crippen molar-refractivity contribution >= 4 is 15.9 Å². The maximum atomic E-state index is 12.9. The molecule has 0 unspecified atom stereocenters. The Bertz CT molecular complexity index is 634. The van der Waals surface area contributed by atoms with Gasteiger partial charge in [0.15, 0.2) is 0 Å². The second kappa shape index (κ2) is 6.30. The van der Waals surface area contributed by atoms with Crippen LogP contribution in [0, 0.1) is 5.82 Å². The predicted molar refractivity (Wildman–Crippen MR) is 69.4 cm³/mol. The van der Waals surface area contributed by atoms with Crippen molar-refractivity contribution in [3.8, 4) is 11.5 Å². The van der Waals surface area contributed by atoms with Crippen molar-refractivity contribution in [3.05, 3.63) is 52.5 Å². The molecule has 0 spiro atoms. The molecule has 0 fully saturated rings. The van der Waals surface area contributed by atoms with E-state index in [-0.39, 0.29) is 16.8 Å². The van der Waals surface area contributed by atoms with Crippen molar-refractivity contribution in [2.24, 2.45) is 0 Å². The van der Waals surface area contributed by atoms with Crippen molar-refractivity contribution in [3.63, 3.8) is 0 Å². The molecular weight excluding hydrogens is 358 g/mol. The fraction of sp³-hybridized carbons (Fsp3) is 0.154. The number of rotatable bonds is 4. The van der Waals surface area contributed by atoms with Gasteiger partial charge >= 0.3 is 6.36 Å². The van der Waals surface area contributed by atoms with E-state index in [1.807, 2.05) is 0 Å². The van der Waals surface area contributed by atoms with Gasteiger partial charge in [-0.1, -0.05) is 0 Å². The molecule has 0 amide bonds. The number of nitrogens with zero attached hydrogens (tertiary/aromatic N) is 1. The van der Waals surface area contributed by atoms with Crippen LogP contribution in [0.15, 0.2) is 41.1 Å². The second-order valence-electron chi connectivity index (χ2n) is 3.94. The minimum Gasteiger partial charge on any atom is -0.489 e. The largest absolute Gasteiger partial charge is 0.573 e. The minimum atomic E-state index is -4.77. The van der Waals surface area contributed by atoms with Crippen LogP contribution in [0.3, 0.4) is 0 Å². The summed E-state index contributed by atoms with van der Waals surface area (Å²) in [5.41, 5.74) is 0.502. The summed E-state index contributed by atoms with van der Waals surface area (Å²) in [6.45, 7) is 0.0384. The zero-order valence-corrected chi connectivity index (χ0v) is 11.9. The average Bonchev–Trinajstić information content (AvgIpc) is 2.38. The van der Waals surface area contributed by atoms with Gasteiger partial charge in [0.1, 0.15) is 23.9 Å². The number of ether oxygens (including phenoxy) is 2. The van der Waals surface area contributed by atoms with Crippen LogP contribution in [0.4, 0.5) is 17.6 Å². The van der Waals surface area contributed by atoms with Gasteiger partial charge in [0, 0.05) is 11.8 Å². The lowest BCUT2D eigenvalue weighted by molar-refractivity contribution is -0.274. The van der Waals surface area contributed by atoms with Crippen LogP contribution < -0.4 is 9.47 Å². The summed E-state index contributed by atoms with van der Waals surface area (Å²) in [6, 6.07) is 5.02. The van der Waals surface area contributed by atoms with Crippen molar-refractivity contribution in [2.45, 2.75) is 13.0 Å². The Labute approximate surface area is 125 Å². The van der Waals surface area contributed by atoms with Gasteiger partial charge in [-0.2, -0.15) is 0 Å². The van der Waals surface area contributed by atoms with E-state index in [0.717, 1.165) is 12.3 Å². The van der Waals surface area contributed by atoms with Crippen molar-refractivity contribution in [2.75, 3.05) is 0 Å². The third-order valence-electron chi connectivity index (χ3n) is 2.30. The number of alkyl halides is 3. The highest BCUT2D eigenvalue weighted by atomic mass is 79.9. The average molecular weight is 366 g/mol. The molecule has 1 heterocycles. The molecule has 1 aromatic heterocycles. The summed E-state index contributed by atoms with van der Waals surface area (Å²) in [5.74, 6) is -0.561. The SMILES string of the molecule is Fc1cncc(COc2ccc(OC(F)(F)F)c(Br)c2)c1. The van der Waals surface area contributed by atoms with Crippen LogP contribution in [0.1, 0.15) is 5.56 Å². The maximum absolute atomic E-state index is 12.9. The molecule has 0 bridgehead atoms. The smallest absolute Gasteiger partial charge is 0.489 e. The topological polar surface area (TPSA) is 31.4 Å². The molecule has 0 N–H and O–H groups in total. The van der Waals surface area contributed by atoms with E-state index in [9.17, 15) is 17.6 Å². The van der Waals surface area contributed by atoms with Gasteiger partial charge in [-0.3, -0.25) is 4.98 Å². The van der Waals surface area contributed by atoms with Crippen LogP contribution >= 0.6 is 15.9 Å². The Kier molecular flexibility index (Phi) is 4.66. The van der Waals surface area contributed by atoms with Gasteiger partial charge in [-0.25, -0.2) is 4.39 Å². The summed E-state index contributed by atoms with van der Waals surface area (Å²) in [4.78, 5) is 3.66. The van der Waals surface area contributed by atoms with Crippen LogP contribution in [-0.2, 0) is 6.61 Å². The normalized spacial score (nSPS) is 11.3. The summed E-state index contributed by atoms with van der Waals surface area (Å²) < 4.78 is 58.5. The first-order chi connectivity index (χ1) is 9.83. The van der Waals surface area contributed by atoms with Crippen LogP contribution in [0.2, 0.25) is 0 Å². The summed E-state index contributed by atoms with van der Waals surface area (Å²) >= 11 is 2.96. The molecule has 0 aliphatic heterocycles. The Morgan fingerprint density at radius 3 is 2.52 bits per heavy atom. The van der Waals surface area contributed by atoms with Gasteiger partial charge < -0.3 is 9.47 Å². The van der Waals surface area contributed by atoms with Gasteiger partial charge in [0.05, 0.1) is 10.7 Å². The monoisotopic (exact) mass is 365 g/mol. The fourth-order valence-electron chi connectivity index (χ4n) is 1.48. The lowest BCUT2D eigenvalue weighted by Crippen LogP contribution is -2.17. The molecular formula is C13H8BrF4NO2. The summed E-state index contributed by atoms with van der Waals surface area (Å²) in [5, 5.41) is 0. The zero-order chi connectivity index (χ0) is 15.5. The first-order valence-electron chi connectivity index (χ1n) is 5.61. The Morgan fingerprint density at radius 2 is 1.90 bits per heavy atom. The molecule has 0 aliphatic carbocycles. The highest BCUT2D eigenvalue weighted by molar-refractivity contribution is 9.10. The number of hydrogen-bond acceptors (Lipinski definition) is 3. The van der Waals surface area contributed by atoms with Gasteiger partial charge in [0.2, 0.25) is 0 Å². The number of pyridine rings is 1. The highest BCUT2D eigenvalue weighted by Crippen LogP contribution is 2.33. The first-order valence-corrected chi connectivity index (χ1v) is 6.40. The minimum absolute atomic E-state index is 0.0384. The van der Waals surface area contributed by atoms with E-state index in [4.69, 9.17) is 4.74 Å². The molecule has 21 heavy (non-hydrogen) atoms. The Hall–Kier alpha value is -1.83. The van der Waals surface area contributed by atoms with E-state index in [0.29, 0.717) is 11.3 Å². The highest BCUT2D eigenvalue weighted by Gasteiger charge is 2.31. The molecule has 112 valence electrons. The second-order valence-corrected chi connectivity index (χ2v) is 4.79. The van der Waals surface area contributed by atoms with Gasteiger partial charge in [0.25, 0.3) is 0 Å². The zero-order valence-electron chi connectivity index (χ0n) is 10.3. The maximum Gasteiger partial charge on any atom is 0.573 e. The third kappa shape index (κ3) is 4.89. The lowest BCUT2D eigenvalue weighted by Gasteiger charge is -2.12. The molecule has 2 rings (SSSR count). The molecule has 1 aromatic carbocycles. The third-order valence-corrected chi connectivity index (χ3v) is 2.92. The molecule has 0 atom stereocenters. The number of aromatic nitrogens is 1. The van der Waals surface area contributed by atoms with Gasteiger partial charge in [-0.15, -0.1) is 13.2 Å². The first kappa shape index (κ1) is 15.6. The molecule has 0 saturated carbocycles. The van der Waals surface area contributed by atoms with Crippen molar-refractivity contribution < 1.29 is 27.0 Å². The Balaban J connectivity index is 2.03. The summed E-state index contributed by atoms with van der Waals surface area (Å²) in [6.07, 6.45) is -2.28. The standard InChI is InChI=1S/C13H8BrF4NO2/c14-11-4-10(1-2-12(11)21-13(16,17)18)20-7-8-3-9(15)6-19-5-8/h1-6H,7H2. The molecule has 3 nitrogen and oxygen atoms in total. The number of hydrogen-bond donors (Lipinski definition) is 0. The van der Waals surface area contributed by atoms with Gasteiger partial charge in [-0.05, 0) is 40.2 Å². The van der Waals surface area contributed by atoms with Crippen molar-refractivity contribution in [1.82, 2.24) is 4.98 Å². The molecule has 0 radical (unpaired) electrons. The van der Waals surface area contributed by atoms with Crippen LogP contribution in [-0.4, -0.2) is 11.3 Å². The lowest BCUT2D eigenvalue weighted by atomic mass is 10.3. The van der Waals surface area contributed by atoms with Crippen molar-refractivity contribution in [1.29, 1.82) is 0 Å². The molecule has 2 aromatic rings. The van der Waals surface area contributed by atoms with E-state index < -0.39 is 12.2 Å². The van der Waals surface area contributed by atoms with Crippen LogP contribution in [0.25, 0.3) is 0 Å². The molecule has 0 aliphatic rings. The van der Waals surface area contributed by atoms with E-state index in [1.165, 1.54) is 24.4 Å². The quantitative estimate of drug-likeness (QED) is 0.749. The molecule has 8 heteroatoms. The molecule has 0 saturated heterocycles. The van der Waals surface area contributed by atoms with E-state index in [2.05, 4.69) is 25.7 Å². The summed E-state index contributed by atoms with van der Waals surface area (Å²) in [7, 11) is 0. The van der Waals surface area contributed by atoms with E-state index in [1.54, 1.807) is 0 Å².